The van der Waals surface area contributed by atoms with E-state index >= 15 is 0 Å². The number of nitrogens with zero attached hydrogens (tertiary/aromatic N) is 2. The van der Waals surface area contributed by atoms with Crippen LogP contribution >= 0.6 is 0 Å². The van der Waals surface area contributed by atoms with Crippen molar-refractivity contribution in [2.24, 2.45) is 0 Å². The summed E-state index contributed by atoms with van der Waals surface area (Å²) in [5, 5.41) is 10.6. The first-order valence-electron chi connectivity index (χ1n) is 8.52. The highest BCUT2D eigenvalue weighted by atomic mass is 19.1. The van der Waals surface area contributed by atoms with Gasteiger partial charge in [-0.25, -0.2) is 9.07 Å². The quantitative estimate of drug-likeness (QED) is 0.761. The SMILES string of the molecule is Cc1nn(-c2ccc(F)cc2)cc1C(=O)NCc1ccc2c(c1)CNC2. The molecular weight excluding hydrogens is 331 g/mol. The second kappa shape index (κ2) is 6.72. The second-order valence-corrected chi connectivity index (χ2v) is 6.44. The van der Waals surface area contributed by atoms with Gasteiger partial charge in [-0.1, -0.05) is 18.2 Å². The number of fused-ring (bicyclic) bond motifs is 1. The number of hydrogen-bond acceptors (Lipinski definition) is 3. The van der Waals surface area contributed by atoms with Gasteiger partial charge in [-0.05, 0) is 47.9 Å². The molecule has 0 atom stereocenters. The Morgan fingerprint density at radius 2 is 1.96 bits per heavy atom. The molecule has 0 fully saturated rings. The van der Waals surface area contributed by atoms with E-state index in [0.29, 0.717) is 23.5 Å². The number of carbonyl (C=O) groups excluding carboxylic acids is 1. The zero-order valence-corrected chi connectivity index (χ0v) is 14.4. The Labute approximate surface area is 150 Å². The van der Waals surface area contributed by atoms with Crippen LogP contribution < -0.4 is 10.6 Å². The van der Waals surface area contributed by atoms with Gasteiger partial charge in [0.15, 0.2) is 0 Å². The third kappa shape index (κ3) is 3.23. The topological polar surface area (TPSA) is 59.0 Å². The number of rotatable bonds is 4. The minimum absolute atomic E-state index is 0.172. The van der Waals surface area contributed by atoms with Gasteiger partial charge in [0.25, 0.3) is 5.91 Å². The smallest absolute Gasteiger partial charge is 0.255 e. The molecule has 1 aromatic heterocycles. The summed E-state index contributed by atoms with van der Waals surface area (Å²) in [6.07, 6.45) is 1.67. The Morgan fingerprint density at radius 3 is 2.77 bits per heavy atom. The molecule has 0 unspecified atom stereocenters. The predicted octanol–water partition coefficient (Wildman–Crippen LogP) is 2.85. The van der Waals surface area contributed by atoms with E-state index in [1.165, 1.54) is 23.3 Å². The Bertz CT molecular complexity index is 962. The monoisotopic (exact) mass is 350 g/mol. The fourth-order valence-corrected chi connectivity index (χ4v) is 3.14. The largest absolute Gasteiger partial charge is 0.348 e. The van der Waals surface area contributed by atoms with Crippen LogP contribution in [0.15, 0.2) is 48.7 Å². The molecular formula is C20H19FN4O. The molecule has 3 aromatic rings. The summed E-state index contributed by atoms with van der Waals surface area (Å²) >= 11 is 0. The normalized spacial score (nSPS) is 12.8. The number of hydrogen-bond donors (Lipinski definition) is 2. The van der Waals surface area contributed by atoms with Crippen LogP contribution in [-0.4, -0.2) is 15.7 Å². The van der Waals surface area contributed by atoms with Crippen molar-refractivity contribution in [3.63, 3.8) is 0 Å². The van der Waals surface area contributed by atoms with Crippen LogP contribution in [-0.2, 0) is 19.6 Å². The molecule has 0 radical (unpaired) electrons. The van der Waals surface area contributed by atoms with Crippen LogP contribution in [0.5, 0.6) is 0 Å². The summed E-state index contributed by atoms with van der Waals surface area (Å²) in [6.45, 7) is 4.04. The predicted molar refractivity (Wildman–Crippen MR) is 96.4 cm³/mol. The molecule has 132 valence electrons. The number of benzene rings is 2. The summed E-state index contributed by atoms with van der Waals surface area (Å²) in [6, 6.07) is 12.3. The molecule has 5 nitrogen and oxygen atoms in total. The van der Waals surface area contributed by atoms with Crippen molar-refractivity contribution in [3.05, 3.63) is 82.4 Å². The lowest BCUT2D eigenvalue weighted by Gasteiger charge is -2.06. The first-order chi connectivity index (χ1) is 12.6. The van der Waals surface area contributed by atoms with E-state index in [1.54, 1.807) is 29.9 Å². The lowest BCUT2D eigenvalue weighted by molar-refractivity contribution is 0.0950. The number of halogens is 1. The molecule has 26 heavy (non-hydrogen) atoms. The van der Waals surface area contributed by atoms with Crippen molar-refractivity contribution in [1.82, 2.24) is 20.4 Å². The van der Waals surface area contributed by atoms with Crippen molar-refractivity contribution in [2.45, 2.75) is 26.6 Å². The first kappa shape index (κ1) is 16.5. The van der Waals surface area contributed by atoms with Crippen LogP contribution in [0.2, 0.25) is 0 Å². The van der Waals surface area contributed by atoms with Crippen molar-refractivity contribution in [3.8, 4) is 5.69 Å². The van der Waals surface area contributed by atoms with Crippen LogP contribution in [0.4, 0.5) is 4.39 Å². The molecule has 1 aliphatic rings. The molecule has 0 saturated heterocycles. The molecule has 0 aliphatic carbocycles. The van der Waals surface area contributed by atoms with E-state index in [9.17, 15) is 9.18 Å². The maximum Gasteiger partial charge on any atom is 0.255 e. The Kier molecular flexibility index (Phi) is 4.26. The van der Waals surface area contributed by atoms with Crippen LogP contribution in [0, 0.1) is 12.7 Å². The fraction of sp³-hybridized carbons (Fsp3) is 0.200. The third-order valence-corrected chi connectivity index (χ3v) is 4.59. The molecule has 0 spiro atoms. The van der Waals surface area contributed by atoms with Crippen LogP contribution in [0.25, 0.3) is 5.69 Å². The van der Waals surface area contributed by atoms with Gasteiger partial charge in [0.05, 0.1) is 16.9 Å². The van der Waals surface area contributed by atoms with E-state index in [1.807, 2.05) is 6.07 Å². The lowest BCUT2D eigenvalue weighted by atomic mass is 10.1. The van der Waals surface area contributed by atoms with Gasteiger partial charge in [0, 0.05) is 25.8 Å². The van der Waals surface area contributed by atoms with Crippen LogP contribution in [0.1, 0.15) is 32.7 Å². The van der Waals surface area contributed by atoms with Crippen molar-refractivity contribution < 1.29 is 9.18 Å². The highest BCUT2D eigenvalue weighted by molar-refractivity contribution is 5.95. The summed E-state index contributed by atoms with van der Waals surface area (Å²) in [5.74, 6) is -0.477. The number of amides is 1. The van der Waals surface area contributed by atoms with Gasteiger partial charge in [0.2, 0.25) is 0 Å². The van der Waals surface area contributed by atoms with Crippen molar-refractivity contribution in [2.75, 3.05) is 0 Å². The van der Waals surface area contributed by atoms with Crippen LogP contribution in [0.3, 0.4) is 0 Å². The highest BCUT2D eigenvalue weighted by Crippen LogP contribution is 2.17. The van der Waals surface area contributed by atoms with Crippen molar-refractivity contribution >= 4 is 5.91 Å². The molecule has 0 saturated carbocycles. The summed E-state index contributed by atoms with van der Waals surface area (Å²) in [5.41, 5.74) is 5.53. The molecule has 2 heterocycles. The molecule has 6 heteroatoms. The second-order valence-electron chi connectivity index (χ2n) is 6.44. The molecule has 2 aromatic carbocycles. The maximum absolute atomic E-state index is 13.1. The van der Waals surface area contributed by atoms with Gasteiger partial charge in [0.1, 0.15) is 5.82 Å². The summed E-state index contributed by atoms with van der Waals surface area (Å²) in [4.78, 5) is 12.5. The molecule has 4 rings (SSSR count). The zero-order valence-electron chi connectivity index (χ0n) is 14.4. The number of aryl methyl sites for hydroxylation is 1. The van der Waals surface area contributed by atoms with Gasteiger partial charge in [-0.3, -0.25) is 4.79 Å². The van der Waals surface area contributed by atoms with Gasteiger partial charge >= 0.3 is 0 Å². The third-order valence-electron chi connectivity index (χ3n) is 4.59. The fourth-order valence-electron chi connectivity index (χ4n) is 3.14. The standard InChI is InChI=1S/C20H19FN4O/c1-13-19(12-25(24-13)18-6-4-17(21)5-7-18)20(26)23-9-14-2-3-15-10-22-11-16(15)8-14/h2-8,12,22H,9-11H2,1H3,(H,23,26). The average Bonchev–Trinajstić information content (AvgIpc) is 3.26. The molecule has 1 aliphatic heterocycles. The average molecular weight is 350 g/mol. The molecule has 2 N–H and O–H groups in total. The van der Waals surface area contributed by atoms with Gasteiger partial charge in [-0.2, -0.15) is 5.10 Å². The van der Waals surface area contributed by atoms with E-state index in [4.69, 9.17) is 0 Å². The van der Waals surface area contributed by atoms with E-state index in [-0.39, 0.29) is 11.7 Å². The van der Waals surface area contributed by atoms with Gasteiger partial charge in [-0.15, -0.1) is 0 Å². The van der Waals surface area contributed by atoms with Crippen molar-refractivity contribution in [1.29, 1.82) is 0 Å². The first-order valence-corrected chi connectivity index (χ1v) is 8.52. The number of aromatic nitrogens is 2. The Hall–Kier alpha value is -2.99. The zero-order chi connectivity index (χ0) is 18.1. The highest BCUT2D eigenvalue weighted by Gasteiger charge is 2.15. The summed E-state index contributed by atoms with van der Waals surface area (Å²) in [7, 11) is 0. The molecule has 0 bridgehead atoms. The van der Waals surface area contributed by atoms with E-state index in [0.717, 1.165) is 18.7 Å². The Balaban J connectivity index is 1.47. The lowest BCUT2D eigenvalue weighted by Crippen LogP contribution is -2.23. The van der Waals surface area contributed by atoms with E-state index in [2.05, 4.69) is 27.9 Å². The molecule has 1 amide bonds. The van der Waals surface area contributed by atoms with E-state index < -0.39 is 0 Å². The van der Waals surface area contributed by atoms with Gasteiger partial charge < -0.3 is 10.6 Å². The number of carbonyl (C=O) groups is 1. The number of nitrogens with one attached hydrogen (secondary N) is 2. The Morgan fingerprint density at radius 1 is 1.19 bits per heavy atom. The minimum Gasteiger partial charge on any atom is -0.348 e. The maximum atomic E-state index is 13.1. The summed E-state index contributed by atoms with van der Waals surface area (Å²) < 4.78 is 14.6. The minimum atomic E-state index is -0.305.